The Kier molecular flexibility index (Phi) is 9.02. The van der Waals surface area contributed by atoms with Crippen molar-refractivity contribution < 1.29 is 4.42 Å². The van der Waals surface area contributed by atoms with Gasteiger partial charge in [0.25, 0.3) is 0 Å². The highest BCUT2D eigenvalue weighted by molar-refractivity contribution is 6.12. The number of fused-ring (bicyclic) bond motifs is 3. The molecule has 0 aliphatic rings. The number of hydrogen-bond acceptors (Lipinski definition) is 7. The van der Waals surface area contributed by atoms with Crippen LogP contribution in [-0.4, -0.2) is 29.9 Å². The van der Waals surface area contributed by atoms with Crippen molar-refractivity contribution in [1.82, 2.24) is 29.9 Å². The van der Waals surface area contributed by atoms with Crippen molar-refractivity contribution >= 4 is 21.9 Å². The highest BCUT2D eigenvalue weighted by atomic mass is 16.3. The number of benzene rings is 8. The van der Waals surface area contributed by atoms with Gasteiger partial charge in [-0.05, 0) is 46.5 Å². The molecule has 0 atom stereocenters. The zero-order valence-electron chi connectivity index (χ0n) is 32.7. The Labute approximate surface area is 351 Å². The highest BCUT2D eigenvalue weighted by Crippen LogP contribution is 2.39. The van der Waals surface area contributed by atoms with Crippen LogP contribution in [0.25, 0.3) is 113 Å². The lowest BCUT2D eigenvalue weighted by molar-refractivity contribution is 0.669. The maximum Gasteiger partial charge on any atom is 0.164 e. The fourth-order valence-corrected chi connectivity index (χ4v) is 7.75. The minimum absolute atomic E-state index is 0.585. The monoisotopic (exact) mass is 782 g/mol. The summed E-state index contributed by atoms with van der Waals surface area (Å²) in [4.78, 5) is 29.7. The molecule has 286 valence electrons. The first-order valence-corrected chi connectivity index (χ1v) is 20.1. The second-order valence-corrected chi connectivity index (χ2v) is 14.7. The average Bonchev–Trinajstić information content (AvgIpc) is 3.73. The Morgan fingerprint density at radius 2 is 0.607 bits per heavy atom. The molecule has 0 radical (unpaired) electrons. The minimum Gasteiger partial charge on any atom is -0.456 e. The van der Waals surface area contributed by atoms with Crippen LogP contribution >= 0.6 is 0 Å². The van der Waals surface area contributed by atoms with Crippen LogP contribution < -0.4 is 0 Å². The first-order chi connectivity index (χ1) is 30.2. The van der Waals surface area contributed by atoms with Crippen molar-refractivity contribution in [2.75, 3.05) is 0 Å². The van der Waals surface area contributed by atoms with Crippen LogP contribution in [0.5, 0.6) is 0 Å². The second kappa shape index (κ2) is 15.4. The SMILES string of the molecule is c1ccc(-c2nc(-c3ccccc3)nc(-c3ccc(-c4cccc(-c5ccc6oc7cccc(-c8nc(-c9ccccc9)nc(-c9ccccc9)n8)c7c6c5)c4)cc3)n2)cc1. The van der Waals surface area contributed by atoms with Gasteiger partial charge in [-0.2, -0.15) is 0 Å². The first kappa shape index (κ1) is 35.7. The number of rotatable bonds is 8. The van der Waals surface area contributed by atoms with Crippen molar-refractivity contribution in [2.24, 2.45) is 0 Å². The minimum atomic E-state index is 0.585. The van der Waals surface area contributed by atoms with Gasteiger partial charge in [-0.15, -0.1) is 0 Å². The molecule has 0 fully saturated rings. The van der Waals surface area contributed by atoms with Gasteiger partial charge in [0.05, 0.1) is 0 Å². The van der Waals surface area contributed by atoms with E-state index in [0.29, 0.717) is 34.9 Å². The van der Waals surface area contributed by atoms with Gasteiger partial charge in [0.1, 0.15) is 11.2 Å². The summed E-state index contributed by atoms with van der Waals surface area (Å²) in [5.41, 5.74) is 11.4. The molecule has 7 heteroatoms. The molecule has 11 aromatic rings. The zero-order chi connectivity index (χ0) is 40.5. The summed E-state index contributed by atoms with van der Waals surface area (Å²) < 4.78 is 6.46. The number of furan rings is 1. The molecule has 0 saturated heterocycles. The Morgan fingerprint density at radius 3 is 1.10 bits per heavy atom. The van der Waals surface area contributed by atoms with Crippen molar-refractivity contribution in [2.45, 2.75) is 0 Å². The van der Waals surface area contributed by atoms with Gasteiger partial charge in [-0.3, -0.25) is 0 Å². The third-order valence-corrected chi connectivity index (χ3v) is 10.8. The molecule has 0 bridgehead atoms. The van der Waals surface area contributed by atoms with Gasteiger partial charge >= 0.3 is 0 Å². The molecule has 0 amide bonds. The van der Waals surface area contributed by atoms with Crippen LogP contribution in [0.15, 0.2) is 211 Å². The van der Waals surface area contributed by atoms with Crippen LogP contribution in [0.3, 0.4) is 0 Å². The van der Waals surface area contributed by atoms with Crippen molar-refractivity contribution in [3.05, 3.63) is 206 Å². The predicted octanol–water partition coefficient (Wildman–Crippen LogP) is 13.3. The second-order valence-electron chi connectivity index (χ2n) is 14.7. The summed E-state index contributed by atoms with van der Waals surface area (Å²) in [6, 6.07) is 69.6. The number of hydrogen-bond donors (Lipinski definition) is 0. The maximum absolute atomic E-state index is 6.46. The van der Waals surface area contributed by atoms with E-state index in [-0.39, 0.29) is 0 Å². The molecule has 11 rings (SSSR count). The van der Waals surface area contributed by atoms with E-state index in [4.69, 9.17) is 34.3 Å². The van der Waals surface area contributed by atoms with Crippen LogP contribution in [0, 0.1) is 0 Å². The fourth-order valence-electron chi connectivity index (χ4n) is 7.75. The van der Waals surface area contributed by atoms with Gasteiger partial charge in [-0.25, -0.2) is 29.9 Å². The summed E-state index contributed by atoms with van der Waals surface area (Å²) in [6.07, 6.45) is 0. The van der Waals surface area contributed by atoms with Gasteiger partial charge < -0.3 is 4.42 Å². The molecule has 3 aromatic heterocycles. The molecule has 0 aliphatic heterocycles. The molecule has 7 nitrogen and oxygen atoms in total. The average molecular weight is 783 g/mol. The summed E-state index contributed by atoms with van der Waals surface area (Å²) >= 11 is 0. The normalized spacial score (nSPS) is 11.3. The first-order valence-electron chi connectivity index (χ1n) is 20.1. The lowest BCUT2D eigenvalue weighted by Crippen LogP contribution is -2.00. The van der Waals surface area contributed by atoms with Crippen LogP contribution in [-0.2, 0) is 0 Å². The molecule has 61 heavy (non-hydrogen) atoms. The van der Waals surface area contributed by atoms with E-state index in [1.165, 1.54) is 0 Å². The summed E-state index contributed by atoms with van der Waals surface area (Å²) in [6.45, 7) is 0. The third kappa shape index (κ3) is 7.00. The van der Waals surface area contributed by atoms with E-state index in [1.54, 1.807) is 0 Å². The lowest BCUT2D eigenvalue weighted by atomic mass is 9.97. The lowest BCUT2D eigenvalue weighted by Gasteiger charge is -2.10. The fraction of sp³-hybridized carbons (Fsp3) is 0. The highest BCUT2D eigenvalue weighted by Gasteiger charge is 2.19. The molecule has 0 aliphatic carbocycles. The van der Waals surface area contributed by atoms with E-state index < -0.39 is 0 Å². The quantitative estimate of drug-likeness (QED) is 0.152. The molecule has 3 heterocycles. The van der Waals surface area contributed by atoms with E-state index in [0.717, 1.165) is 77.6 Å². The number of aromatic nitrogens is 6. The molecule has 8 aromatic carbocycles. The maximum atomic E-state index is 6.46. The van der Waals surface area contributed by atoms with Crippen molar-refractivity contribution in [3.63, 3.8) is 0 Å². The smallest absolute Gasteiger partial charge is 0.164 e. The van der Waals surface area contributed by atoms with E-state index in [1.807, 2.05) is 133 Å². The molecular weight excluding hydrogens is 749 g/mol. The van der Waals surface area contributed by atoms with Gasteiger partial charge in [0.15, 0.2) is 34.9 Å². The molecule has 0 saturated carbocycles. The zero-order valence-corrected chi connectivity index (χ0v) is 32.7. The number of nitrogens with zero attached hydrogens (tertiary/aromatic N) is 6. The van der Waals surface area contributed by atoms with Crippen LogP contribution in [0.1, 0.15) is 0 Å². The van der Waals surface area contributed by atoms with Gasteiger partial charge in [0, 0.05) is 44.2 Å². The van der Waals surface area contributed by atoms with Gasteiger partial charge in [0.2, 0.25) is 0 Å². The Morgan fingerprint density at radius 1 is 0.246 bits per heavy atom. The Hall–Kier alpha value is -8.42. The van der Waals surface area contributed by atoms with E-state index >= 15 is 0 Å². The van der Waals surface area contributed by atoms with Gasteiger partial charge in [-0.1, -0.05) is 182 Å². The summed E-state index contributed by atoms with van der Waals surface area (Å²) in [5.74, 6) is 3.71. The molecular formula is C54H34N6O. The predicted molar refractivity (Wildman–Crippen MR) is 244 cm³/mol. The van der Waals surface area contributed by atoms with Crippen molar-refractivity contribution in [3.8, 4) is 90.6 Å². The summed E-state index contributed by atoms with van der Waals surface area (Å²) in [7, 11) is 0. The van der Waals surface area contributed by atoms with Crippen molar-refractivity contribution in [1.29, 1.82) is 0 Å². The largest absolute Gasteiger partial charge is 0.456 e. The Balaban J connectivity index is 0.959. The Bertz CT molecular complexity index is 3220. The van der Waals surface area contributed by atoms with Crippen LogP contribution in [0.4, 0.5) is 0 Å². The van der Waals surface area contributed by atoms with E-state index in [9.17, 15) is 0 Å². The molecule has 0 unspecified atom stereocenters. The molecule has 0 N–H and O–H groups in total. The van der Waals surface area contributed by atoms with E-state index in [2.05, 4.69) is 72.8 Å². The summed E-state index contributed by atoms with van der Waals surface area (Å²) in [5, 5.41) is 1.95. The molecule has 0 spiro atoms. The topological polar surface area (TPSA) is 90.5 Å². The third-order valence-electron chi connectivity index (χ3n) is 10.8. The van der Waals surface area contributed by atoms with Crippen LogP contribution in [0.2, 0.25) is 0 Å². The standard InChI is InChI=1S/C54H34N6O/c1-5-15-36(16-6-1)49-55-50(37-17-7-2-8-18-37)57-53(56-49)40-29-27-35(28-30-40)41-23-13-24-42(33-41)43-31-32-46-45(34-43)48-44(25-14-26-47(48)61-46)54-59-51(38-19-9-3-10-20-38)58-52(60-54)39-21-11-4-12-22-39/h1-34H.